The first-order valence-corrected chi connectivity index (χ1v) is 7.08. The number of fused-ring (bicyclic) bond motifs is 1. The average molecular weight is 333 g/mol. The second-order valence-electron chi connectivity index (χ2n) is 4.74. The number of methoxy groups -OCH3 is 4. The smallest absolute Gasteiger partial charge is 0.331 e. The number of hydrogen-bond acceptors (Lipinski definition) is 7. The van der Waals surface area contributed by atoms with Crippen LogP contribution in [0.1, 0.15) is 12.5 Å². The third-order valence-corrected chi connectivity index (χ3v) is 3.39. The highest BCUT2D eigenvalue weighted by molar-refractivity contribution is 6.06. The summed E-state index contributed by atoms with van der Waals surface area (Å²) in [6, 6.07) is 5.28. The van der Waals surface area contributed by atoms with Crippen molar-refractivity contribution in [1.29, 1.82) is 0 Å². The molecule has 0 radical (unpaired) electrons. The van der Waals surface area contributed by atoms with E-state index in [4.69, 9.17) is 18.9 Å². The van der Waals surface area contributed by atoms with Crippen LogP contribution in [0.3, 0.4) is 0 Å². The highest BCUT2D eigenvalue weighted by atomic mass is 16.7. The summed E-state index contributed by atoms with van der Waals surface area (Å²) in [5, 5.41) is 5.03. The van der Waals surface area contributed by atoms with Gasteiger partial charge in [0.1, 0.15) is 23.0 Å². The molecule has 24 heavy (non-hydrogen) atoms. The van der Waals surface area contributed by atoms with Gasteiger partial charge in [0.2, 0.25) is 0 Å². The van der Waals surface area contributed by atoms with Crippen molar-refractivity contribution < 1.29 is 28.6 Å². The Labute approximate surface area is 139 Å². The Morgan fingerprint density at radius 2 is 1.50 bits per heavy atom. The van der Waals surface area contributed by atoms with Crippen molar-refractivity contribution >= 4 is 23.0 Å². The second-order valence-corrected chi connectivity index (χ2v) is 4.74. The molecule has 0 unspecified atom stereocenters. The van der Waals surface area contributed by atoms with Crippen LogP contribution in [-0.4, -0.2) is 40.6 Å². The summed E-state index contributed by atoms with van der Waals surface area (Å²) >= 11 is 0. The maximum atomic E-state index is 10.9. The van der Waals surface area contributed by atoms with Gasteiger partial charge in [-0.1, -0.05) is 5.16 Å². The van der Waals surface area contributed by atoms with Gasteiger partial charge in [0, 0.05) is 12.5 Å². The van der Waals surface area contributed by atoms with Crippen molar-refractivity contribution in [2.75, 3.05) is 28.4 Å². The van der Waals surface area contributed by atoms with Crippen LogP contribution in [0.5, 0.6) is 23.0 Å². The molecule has 7 heteroatoms. The molecular weight excluding hydrogens is 314 g/mol. The van der Waals surface area contributed by atoms with E-state index in [-0.39, 0.29) is 0 Å². The van der Waals surface area contributed by atoms with Crippen LogP contribution >= 0.6 is 0 Å². The summed E-state index contributed by atoms with van der Waals surface area (Å²) in [7, 11) is 6.21. The van der Waals surface area contributed by atoms with E-state index >= 15 is 0 Å². The number of benzene rings is 2. The van der Waals surface area contributed by atoms with E-state index < -0.39 is 5.97 Å². The Kier molecular flexibility index (Phi) is 5.47. The first-order chi connectivity index (χ1) is 11.6. The summed E-state index contributed by atoms with van der Waals surface area (Å²) in [5.41, 5.74) is 0.564. The van der Waals surface area contributed by atoms with Crippen molar-refractivity contribution in [2.45, 2.75) is 6.92 Å². The van der Waals surface area contributed by atoms with E-state index in [0.29, 0.717) is 39.3 Å². The van der Waals surface area contributed by atoms with Crippen molar-refractivity contribution in [3.63, 3.8) is 0 Å². The van der Waals surface area contributed by atoms with E-state index in [2.05, 4.69) is 9.99 Å². The standard InChI is InChI=1S/C17H19NO6/c1-10(19)24-18-9-11-8-14(22-4)15-12(20-2)6-7-13(21-3)16(15)17(11)23-5/h6-9H,1-5H3. The van der Waals surface area contributed by atoms with Gasteiger partial charge < -0.3 is 23.8 Å². The topological polar surface area (TPSA) is 75.6 Å². The summed E-state index contributed by atoms with van der Waals surface area (Å²) in [6.45, 7) is 1.27. The molecule has 0 amide bonds. The third kappa shape index (κ3) is 3.19. The molecule has 0 aliphatic rings. The van der Waals surface area contributed by atoms with Crippen LogP contribution in [0.4, 0.5) is 0 Å². The van der Waals surface area contributed by atoms with Crippen molar-refractivity contribution in [3.05, 3.63) is 23.8 Å². The predicted molar refractivity (Wildman–Crippen MR) is 89.5 cm³/mol. The molecular formula is C17H19NO6. The minimum atomic E-state index is -0.516. The molecule has 128 valence electrons. The molecule has 0 aliphatic heterocycles. The van der Waals surface area contributed by atoms with Gasteiger partial charge in [0.25, 0.3) is 0 Å². The van der Waals surface area contributed by atoms with Crippen LogP contribution in [0.2, 0.25) is 0 Å². The van der Waals surface area contributed by atoms with Gasteiger partial charge in [-0.3, -0.25) is 0 Å². The van der Waals surface area contributed by atoms with Crippen molar-refractivity contribution in [3.8, 4) is 23.0 Å². The average Bonchev–Trinajstić information content (AvgIpc) is 2.59. The predicted octanol–water partition coefficient (Wildman–Crippen LogP) is 2.77. The minimum Gasteiger partial charge on any atom is -0.496 e. The highest BCUT2D eigenvalue weighted by Crippen LogP contribution is 2.45. The summed E-state index contributed by atoms with van der Waals surface area (Å²) in [4.78, 5) is 15.5. The summed E-state index contributed by atoms with van der Waals surface area (Å²) in [6.07, 6.45) is 1.38. The number of ether oxygens (including phenoxy) is 4. The van der Waals surface area contributed by atoms with Crippen LogP contribution in [0, 0.1) is 0 Å². The molecule has 0 saturated heterocycles. The van der Waals surface area contributed by atoms with E-state index in [9.17, 15) is 4.79 Å². The van der Waals surface area contributed by atoms with E-state index in [0.717, 1.165) is 0 Å². The summed E-state index contributed by atoms with van der Waals surface area (Å²) in [5.74, 6) is 1.73. The first-order valence-electron chi connectivity index (χ1n) is 7.08. The molecule has 0 heterocycles. The highest BCUT2D eigenvalue weighted by Gasteiger charge is 2.20. The van der Waals surface area contributed by atoms with Gasteiger partial charge in [-0.05, 0) is 18.2 Å². The zero-order chi connectivity index (χ0) is 17.7. The van der Waals surface area contributed by atoms with Crippen molar-refractivity contribution in [1.82, 2.24) is 0 Å². The van der Waals surface area contributed by atoms with Gasteiger partial charge in [-0.2, -0.15) is 0 Å². The third-order valence-electron chi connectivity index (χ3n) is 3.39. The lowest BCUT2D eigenvalue weighted by Gasteiger charge is -2.17. The SMILES string of the molecule is COc1ccc(OC)c2c(OC)c(C=NOC(C)=O)cc(OC)c12. The Morgan fingerprint density at radius 1 is 0.917 bits per heavy atom. The van der Waals surface area contributed by atoms with Crippen LogP contribution in [0.25, 0.3) is 10.8 Å². The van der Waals surface area contributed by atoms with Crippen LogP contribution < -0.4 is 18.9 Å². The monoisotopic (exact) mass is 333 g/mol. The molecule has 0 atom stereocenters. The van der Waals surface area contributed by atoms with E-state index in [1.165, 1.54) is 20.2 Å². The minimum absolute atomic E-state index is 0.498. The van der Waals surface area contributed by atoms with Gasteiger partial charge in [0.05, 0.1) is 45.4 Å². The van der Waals surface area contributed by atoms with Gasteiger partial charge in [-0.25, -0.2) is 4.79 Å². The maximum Gasteiger partial charge on any atom is 0.331 e. The number of hydrogen-bond donors (Lipinski definition) is 0. The Morgan fingerprint density at radius 3 is 2.00 bits per heavy atom. The number of oxime groups is 1. The fourth-order valence-corrected chi connectivity index (χ4v) is 2.43. The zero-order valence-corrected chi connectivity index (χ0v) is 14.2. The fraction of sp³-hybridized carbons (Fsp3) is 0.294. The van der Waals surface area contributed by atoms with Crippen LogP contribution in [-0.2, 0) is 9.63 Å². The molecule has 2 aromatic rings. The summed E-state index contributed by atoms with van der Waals surface area (Å²) < 4.78 is 21.9. The lowest BCUT2D eigenvalue weighted by molar-refractivity contribution is -0.140. The largest absolute Gasteiger partial charge is 0.496 e. The Balaban J connectivity index is 2.82. The van der Waals surface area contributed by atoms with Crippen molar-refractivity contribution in [2.24, 2.45) is 5.16 Å². The van der Waals surface area contributed by atoms with E-state index in [1.54, 1.807) is 39.5 Å². The molecule has 0 spiro atoms. The Hall–Kier alpha value is -2.96. The number of rotatable bonds is 6. The molecule has 0 aliphatic carbocycles. The molecule has 2 aromatic carbocycles. The number of nitrogens with zero attached hydrogens (tertiary/aromatic N) is 1. The van der Waals surface area contributed by atoms with Gasteiger partial charge >= 0.3 is 5.97 Å². The second kappa shape index (κ2) is 7.54. The molecule has 0 bridgehead atoms. The quantitative estimate of drug-likeness (QED) is 0.460. The first kappa shape index (κ1) is 17.4. The lowest BCUT2D eigenvalue weighted by Crippen LogP contribution is -2.00. The molecule has 0 N–H and O–H groups in total. The molecule has 7 nitrogen and oxygen atoms in total. The van der Waals surface area contributed by atoms with Gasteiger partial charge in [0.15, 0.2) is 0 Å². The molecule has 2 rings (SSSR count). The normalized spacial score (nSPS) is 10.7. The lowest BCUT2D eigenvalue weighted by atomic mass is 10.0. The zero-order valence-electron chi connectivity index (χ0n) is 14.2. The van der Waals surface area contributed by atoms with Gasteiger partial charge in [-0.15, -0.1) is 0 Å². The molecule has 0 aromatic heterocycles. The number of carbonyl (C=O) groups is 1. The number of carbonyl (C=O) groups excluding carboxylic acids is 1. The Bertz CT molecular complexity index is 784. The van der Waals surface area contributed by atoms with Crippen LogP contribution in [0.15, 0.2) is 23.4 Å². The molecule has 0 saturated carbocycles. The van der Waals surface area contributed by atoms with E-state index in [1.807, 2.05) is 0 Å². The fourth-order valence-electron chi connectivity index (χ4n) is 2.43. The molecule has 0 fully saturated rings. The maximum absolute atomic E-state index is 10.9.